The van der Waals surface area contributed by atoms with Crippen molar-refractivity contribution in [1.82, 2.24) is 15.1 Å². The quantitative estimate of drug-likeness (QED) is 0.749. The van der Waals surface area contributed by atoms with Gasteiger partial charge in [-0.3, -0.25) is 4.68 Å². The molecule has 1 unspecified atom stereocenters. The summed E-state index contributed by atoms with van der Waals surface area (Å²) >= 11 is 0. The molecule has 0 fully saturated rings. The van der Waals surface area contributed by atoms with Crippen LogP contribution in [0.15, 0.2) is 6.07 Å². The van der Waals surface area contributed by atoms with E-state index in [1.165, 1.54) is 11.4 Å². The number of nitrogens with zero attached hydrogens (tertiary/aromatic N) is 2. The first-order valence-corrected chi connectivity index (χ1v) is 6.55. The van der Waals surface area contributed by atoms with Crippen molar-refractivity contribution in [2.45, 2.75) is 46.2 Å². The van der Waals surface area contributed by atoms with E-state index in [0.29, 0.717) is 6.04 Å². The Kier molecular flexibility index (Phi) is 6.22. The Morgan fingerprint density at radius 2 is 2.18 bits per heavy atom. The van der Waals surface area contributed by atoms with Gasteiger partial charge in [0.15, 0.2) is 0 Å². The number of hydrogen-bond donors (Lipinski definition) is 1. The first kappa shape index (κ1) is 14.2. The average molecular weight is 239 g/mol. The third-order valence-corrected chi connectivity index (χ3v) is 2.96. The molecule has 0 saturated carbocycles. The summed E-state index contributed by atoms with van der Waals surface area (Å²) < 4.78 is 7.57. The second kappa shape index (κ2) is 7.45. The molecule has 17 heavy (non-hydrogen) atoms. The first-order chi connectivity index (χ1) is 8.24. The van der Waals surface area contributed by atoms with Gasteiger partial charge >= 0.3 is 0 Å². The normalized spacial score (nSPS) is 12.9. The molecular formula is C13H25N3O. The van der Waals surface area contributed by atoms with Gasteiger partial charge in [-0.15, -0.1) is 0 Å². The van der Waals surface area contributed by atoms with E-state index in [1.807, 2.05) is 14.0 Å². The lowest BCUT2D eigenvalue weighted by molar-refractivity contribution is 0.124. The van der Waals surface area contributed by atoms with Crippen molar-refractivity contribution in [1.29, 1.82) is 0 Å². The summed E-state index contributed by atoms with van der Waals surface area (Å²) in [7, 11) is 1.98. The van der Waals surface area contributed by atoms with Crippen LogP contribution in [0.5, 0.6) is 0 Å². The van der Waals surface area contributed by atoms with E-state index >= 15 is 0 Å². The van der Waals surface area contributed by atoms with Gasteiger partial charge in [0.05, 0.1) is 12.3 Å². The highest BCUT2D eigenvalue weighted by atomic mass is 16.5. The van der Waals surface area contributed by atoms with Crippen LogP contribution in [0.1, 0.15) is 32.2 Å². The Morgan fingerprint density at radius 1 is 1.41 bits per heavy atom. The van der Waals surface area contributed by atoms with Gasteiger partial charge in [0.25, 0.3) is 0 Å². The van der Waals surface area contributed by atoms with E-state index in [2.05, 4.69) is 35.0 Å². The van der Waals surface area contributed by atoms with E-state index in [0.717, 1.165) is 32.6 Å². The molecule has 1 rings (SSSR count). The van der Waals surface area contributed by atoms with Gasteiger partial charge in [-0.25, -0.2) is 0 Å². The summed E-state index contributed by atoms with van der Waals surface area (Å²) in [5, 5.41) is 7.86. The predicted molar refractivity (Wildman–Crippen MR) is 70.3 cm³/mol. The summed E-state index contributed by atoms with van der Waals surface area (Å²) in [4.78, 5) is 0. The van der Waals surface area contributed by atoms with Crippen molar-refractivity contribution in [3.05, 3.63) is 17.5 Å². The minimum atomic E-state index is 0.363. The Bertz CT molecular complexity index is 322. The summed E-state index contributed by atoms with van der Waals surface area (Å²) in [5.74, 6) is 0. The molecule has 0 aliphatic heterocycles. The maximum absolute atomic E-state index is 5.47. The van der Waals surface area contributed by atoms with Crippen LogP contribution in [-0.4, -0.2) is 36.1 Å². The molecule has 0 radical (unpaired) electrons. The number of hydrogen-bond acceptors (Lipinski definition) is 3. The Hall–Kier alpha value is -0.870. The van der Waals surface area contributed by atoms with Crippen LogP contribution in [0.25, 0.3) is 0 Å². The van der Waals surface area contributed by atoms with Crippen molar-refractivity contribution >= 4 is 0 Å². The molecular weight excluding hydrogens is 214 g/mol. The van der Waals surface area contributed by atoms with E-state index in [4.69, 9.17) is 4.74 Å². The Balaban J connectivity index is 2.67. The lowest BCUT2D eigenvalue weighted by Gasteiger charge is -2.16. The highest BCUT2D eigenvalue weighted by Crippen LogP contribution is 2.08. The van der Waals surface area contributed by atoms with Crippen molar-refractivity contribution in [2.75, 3.05) is 20.3 Å². The fourth-order valence-corrected chi connectivity index (χ4v) is 1.88. The van der Waals surface area contributed by atoms with E-state index in [-0.39, 0.29) is 0 Å². The highest BCUT2D eigenvalue weighted by Gasteiger charge is 2.12. The van der Waals surface area contributed by atoms with Crippen LogP contribution in [0.3, 0.4) is 0 Å². The number of nitrogens with one attached hydrogen (secondary N) is 1. The molecule has 98 valence electrons. The zero-order valence-corrected chi connectivity index (χ0v) is 11.5. The SMILES string of the molecule is CCOCC(Cc1cc(CC)nn1CC)NC. The molecule has 0 aliphatic carbocycles. The minimum Gasteiger partial charge on any atom is -0.380 e. The summed E-state index contributed by atoms with van der Waals surface area (Å²) in [5.41, 5.74) is 2.47. The second-order valence-corrected chi connectivity index (χ2v) is 4.15. The smallest absolute Gasteiger partial charge is 0.0624 e. The third-order valence-electron chi connectivity index (χ3n) is 2.96. The molecule has 1 aromatic heterocycles. The zero-order valence-electron chi connectivity index (χ0n) is 11.5. The van der Waals surface area contributed by atoms with Gasteiger partial charge in [-0.1, -0.05) is 6.92 Å². The number of aromatic nitrogens is 2. The van der Waals surface area contributed by atoms with Gasteiger partial charge in [0.2, 0.25) is 0 Å². The fourth-order valence-electron chi connectivity index (χ4n) is 1.88. The van der Waals surface area contributed by atoms with Gasteiger partial charge < -0.3 is 10.1 Å². The van der Waals surface area contributed by atoms with Crippen LogP contribution in [0.4, 0.5) is 0 Å². The van der Waals surface area contributed by atoms with Gasteiger partial charge in [-0.2, -0.15) is 5.10 Å². The summed E-state index contributed by atoms with van der Waals surface area (Å²) in [6.45, 7) is 8.75. The largest absolute Gasteiger partial charge is 0.380 e. The maximum atomic E-state index is 5.47. The molecule has 1 N–H and O–H groups in total. The van der Waals surface area contributed by atoms with Crippen molar-refractivity contribution in [3.63, 3.8) is 0 Å². The average Bonchev–Trinajstić information content (AvgIpc) is 2.76. The van der Waals surface area contributed by atoms with Gasteiger partial charge in [0.1, 0.15) is 0 Å². The second-order valence-electron chi connectivity index (χ2n) is 4.15. The molecule has 1 aromatic rings. The fraction of sp³-hybridized carbons (Fsp3) is 0.769. The number of likely N-dealkylation sites (N-methyl/N-ethyl adjacent to an activating group) is 1. The summed E-state index contributed by atoms with van der Waals surface area (Å²) in [6, 6.07) is 2.57. The maximum Gasteiger partial charge on any atom is 0.0624 e. The number of aryl methyl sites for hydroxylation is 2. The molecule has 0 bridgehead atoms. The van der Waals surface area contributed by atoms with Crippen LogP contribution in [0, 0.1) is 0 Å². The molecule has 0 aromatic carbocycles. The number of rotatable bonds is 8. The van der Waals surface area contributed by atoms with Crippen molar-refractivity contribution in [2.24, 2.45) is 0 Å². The highest BCUT2D eigenvalue weighted by molar-refractivity contribution is 5.12. The minimum absolute atomic E-state index is 0.363. The Morgan fingerprint density at radius 3 is 2.71 bits per heavy atom. The molecule has 0 amide bonds. The lowest BCUT2D eigenvalue weighted by Crippen LogP contribution is -2.33. The summed E-state index contributed by atoms with van der Waals surface area (Å²) in [6.07, 6.45) is 1.97. The Labute approximate surface area is 104 Å². The van der Waals surface area contributed by atoms with Gasteiger partial charge in [0, 0.05) is 31.3 Å². The molecule has 1 atom stereocenters. The molecule has 0 saturated heterocycles. The standard InChI is InChI=1S/C13H25N3O/c1-5-11-8-13(16(6-2)15-11)9-12(14-4)10-17-7-3/h8,12,14H,5-7,9-10H2,1-4H3. The molecule has 0 aliphatic rings. The van der Waals surface area contributed by atoms with Crippen LogP contribution < -0.4 is 5.32 Å². The van der Waals surface area contributed by atoms with Crippen molar-refractivity contribution < 1.29 is 4.74 Å². The topological polar surface area (TPSA) is 39.1 Å². The molecule has 4 heteroatoms. The number of ether oxygens (including phenoxy) is 1. The van der Waals surface area contributed by atoms with Crippen LogP contribution in [-0.2, 0) is 24.1 Å². The van der Waals surface area contributed by atoms with E-state index in [9.17, 15) is 0 Å². The zero-order chi connectivity index (χ0) is 12.7. The third kappa shape index (κ3) is 4.13. The molecule has 0 spiro atoms. The van der Waals surface area contributed by atoms with Gasteiger partial charge in [-0.05, 0) is 33.4 Å². The van der Waals surface area contributed by atoms with E-state index in [1.54, 1.807) is 0 Å². The monoisotopic (exact) mass is 239 g/mol. The molecule has 1 heterocycles. The predicted octanol–water partition coefficient (Wildman–Crippen LogP) is 1.63. The first-order valence-electron chi connectivity index (χ1n) is 6.55. The van der Waals surface area contributed by atoms with E-state index < -0.39 is 0 Å². The van der Waals surface area contributed by atoms with Crippen LogP contribution >= 0.6 is 0 Å². The molecule has 4 nitrogen and oxygen atoms in total. The lowest BCUT2D eigenvalue weighted by atomic mass is 10.1. The van der Waals surface area contributed by atoms with Crippen LogP contribution in [0.2, 0.25) is 0 Å². The van der Waals surface area contributed by atoms with Crippen molar-refractivity contribution in [3.8, 4) is 0 Å².